The van der Waals surface area contributed by atoms with Crippen molar-refractivity contribution >= 4 is 23.4 Å². The highest BCUT2D eigenvalue weighted by molar-refractivity contribution is 5.95. The predicted molar refractivity (Wildman–Crippen MR) is 112 cm³/mol. The van der Waals surface area contributed by atoms with E-state index in [0.717, 1.165) is 11.3 Å². The van der Waals surface area contributed by atoms with Gasteiger partial charge in [-0.1, -0.05) is 25.1 Å². The molecule has 3 amide bonds. The Labute approximate surface area is 171 Å². The van der Waals surface area contributed by atoms with E-state index in [0.29, 0.717) is 17.7 Å². The summed E-state index contributed by atoms with van der Waals surface area (Å²) in [5.41, 5.74) is 2.08. The second-order valence-electron chi connectivity index (χ2n) is 6.82. The summed E-state index contributed by atoms with van der Waals surface area (Å²) < 4.78 is 5.46. The molecule has 0 saturated heterocycles. The normalized spacial score (nSPS) is 11.3. The molecule has 2 aromatic carbocycles. The van der Waals surface area contributed by atoms with Crippen LogP contribution in [0.25, 0.3) is 0 Å². The van der Waals surface area contributed by atoms with Crippen molar-refractivity contribution in [2.24, 2.45) is 0 Å². The Balaban J connectivity index is 1.97. The van der Waals surface area contributed by atoms with Crippen LogP contribution in [0.2, 0.25) is 0 Å². The number of nitrogens with one attached hydrogen (secondary N) is 2. The monoisotopic (exact) mass is 397 g/mol. The first-order valence-corrected chi connectivity index (χ1v) is 9.43. The van der Waals surface area contributed by atoms with Crippen LogP contribution in [0.4, 0.5) is 5.69 Å². The first-order chi connectivity index (χ1) is 13.8. The van der Waals surface area contributed by atoms with Crippen molar-refractivity contribution in [2.45, 2.75) is 26.3 Å². The maximum atomic E-state index is 12.6. The van der Waals surface area contributed by atoms with Gasteiger partial charge in [0, 0.05) is 31.8 Å². The number of hydrogen-bond donors (Lipinski definition) is 2. The molecule has 0 aliphatic rings. The summed E-state index contributed by atoms with van der Waals surface area (Å²) in [6, 6.07) is 13.8. The van der Waals surface area contributed by atoms with Gasteiger partial charge in [-0.2, -0.15) is 0 Å². The number of likely N-dealkylation sites (N-methyl/N-ethyl adjacent to an activating group) is 1. The summed E-state index contributed by atoms with van der Waals surface area (Å²) in [4.78, 5) is 37.1. The number of ether oxygens (including phenoxy) is 1. The SMILES string of the molecule is CCC(=O)Nc1ccc(C(C)NC(=O)c2cccc(OCC(=O)N(C)C)c2)cc1. The molecule has 0 heterocycles. The van der Waals surface area contributed by atoms with Crippen molar-refractivity contribution < 1.29 is 19.1 Å². The van der Waals surface area contributed by atoms with E-state index in [-0.39, 0.29) is 30.4 Å². The van der Waals surface area contributed by atoms with Gasteiger partial charge in [0.15, 0.2) is 6.61 Å². The molecule has 1 atom stereocenters. The van der Waals surface area contributed by atoms with Crippen LogP contribution < -0.4 is 15.4 Å². The molecule has 0 spiro atoms. The van der Waals surface area contributed by atoms with Crippen LogP contribution in [0.15, 0.2) is 48.5 Å². The van der Waals surface area contributed by atoms with Crippen LogP contribution in [0.5, 0.6) is 5.75 Å². The van der Waals surface area contributed by atoms with Gasteiger partial charge < -0.3 is 20.3 Å². The average Bonchev–Trinajstić information content (AvgIpc) is 2.72. The molecule has 154 valence electrons. The highest BCUT2D eigenvalue weighted by Gasteiger charge is 2.13. The molecule has 7 heteroatoms. The maximum absolute atomic E-state index is 12.6. The number of rotatable bonds is 8. The van der Waals surface area contributed by atoms with Crippen molar-refractivity contribution in [3.05, 3.63) is 59.7 Å². The Kier molecular flexibility index (Phi) is 7.77. The van der Waals surface area contributed by atoms with E-state index < -0.39 is 0 Å². The summed E-state index contributed by atoms with van der Waals surface area (Å²) in [5.74, 6) is 0.00213. The average molecular weight is 397 g/mol. The zero-order chi connectivity index (χ0) is 21.4. The molecular formula is C22H27N3O4. The van der Waals surface area contributed by atoms with Gasteiger partial charge in [0.05, 0.1) is 6.04 Å². The first-order valence-electron chi connectivity index (χ1n) is 9.43. The number of carbonyl (C=O) groups excluding carboxylic acids is 3. The number of hydrogen-bond acceptors (Lipinski definition) is 4. The number of anilines is 1. The Morgan fingerprint density at radius 3 is 2.38 bits per heavy atom. The highest BCUT2D eigenvalue weighted by atomic mass is 16.5. The van der Waals surface area contributed by atoms with Gasteiger partial charge in [-0.15, -0.1) is 0 Å². The van der Waals surface area contributed by atoms with Gasteiger partial charge in [-0.3, -0.25) is 14.4 Å². The zero-order valence-corrected chi connectivity index (χ0v) is 17.2. The molecule has 7 nitrogen and oxygen atoms in total. The third-order valence-electron chi connectivity index (χ3n) is 4.32. The smallest absolute Gasteiger partial charge is 0.259 e. The predicted octanol–water partition coefficient (Wildman–Crippen LogP) is 2.99. The summed E-state index contributed by atoms with van der Waals surface area (Å²) >= 11 is 0. The van der Waals surface area contributed by atoms with Gasteiger partial charge in [0.25, 0.3) is 11.8 Å². The minimum absolute atomic E-state index is 0.0477. The lowest BCUT2D eigenvalue weighted by atomic mass is 10.1. The van der Waals surface area contributed by atoms with Crippen molar-refractivity contribution in [1.29, 1.82) is 0 Å². The standard InChI is InChI=1S/C22H27N3O4/c1-5-20(26)24-18-11-9-16(10-12-18)15(2)23-22(28)17-7-6-8-19(13-17)29-14-21(27)25(3)4/h6-13,15H,5,14H2,1-4H3,(H,23,28)(H,24,26). The molecule has 1 unspecified atom stereocenters. The Morgan fingerprint density at radius 1 is 1.07 bits per heavy atom. The number of benzene rings is 2. The third-order valence-corrected chi connectivity index (χ3v) is 4.32. The molecule has 29 heavy (non-hydrogen) atoms. The molecule has 0 saturated carbocycles. The van der Waals surface area contributed by atoms with E-state index in [2.05, 4.69) is 10.6 Å². The quantitative estimate of drug-likeness (QED) is 0.717. The van der Waals surface area contributed by atoms with Crippen LogP contribution in [0.3, 0.4) is 0 Å². The van der Waals surface area contributed by atoms with Crippen LogP contribution in [-0.4, -0.2) is 43.3 Å². The molecule has 2 N–H and O–H groups in total. The highest BCUT2D eigenvalue weighted by Crippen LogP contribution is 2.18. The lowest BCUT2D eigenvalue weighted by Crippen LogP contribution is -2.28. The minimum Gasteiger partial charge on any atom is -0.484 e. The van der Waals surface area contributed by atoms with E-state index in [1.54, 1.807) is 45.3 Å². The van der Waals surface area contributed by atoms with E-state index in [4.69, 9.17) is 4.74 Å². The van der Waals surface area contributed by atoms with Crippen molar-refractivity contribution in [3.63, 3.8) is 0 Å². The van der Waals surface area contributed by atoms with E-state index in [1.807, 2.05) is 31.2 Å². The maximum Gasteiger partial charge on any atom is 0.259 e. The second kappa shape index (κ2) is 10.3. The van der Waals surface area contributed by atoms with E-state index in [1.165, 1.54) is 4.90 Å². The Morgan fingerprint density at radius 2 is 1.76 bits per heavy atom. The lowest BCUT2D eigenvalue weighted by molar-refractivity contribution is -0.130. The molecule has 0 radical (unpaired) electrons. The number of amides is 3. The number of carbonyl (C=O) groups is 3. The van der Waals surface area contributed by atoms with Crippen molar-refractivity contribution in [3.8, 4) is 5.75 Å². The molecule has 2 rings (SSSR count). The van der Waals surface area contributed by atoms with Crippen molar-refractivity contribution in [2.75, 3.05) is 26.0 Å². The molecule has 0 aliphatic heterocycles. The van der Waals surface area contributed by atoms with Crippen LogP contribution in [-0.2, 0) is 9.59 Å². The van der Waals surface area contributed by atoms with Gasteiger partial charge in [-0.05, 0) is 42.8 Å². The largest absolute Gasteiger partial charge is 0.484 e. The topological polar surface area (TPSA) is 87.7 Å². The summed E-state index contributed by atoms with van der Waals surface area (Å²) in [6.45, 7) is 3.59. The van der Waals surface area contributed by atoms with E-state index >= 15 is 0 Å². The number of nitrogens with zero attached hydrogens (tertiary/aromatic N) is 1. The Bertz CT molecular complexity index is 863. The second-order valence-corrected chi connectivity index (χ2v) is 6.82. The summed E-state index contributed by atoms with van der Waals surface area (Å²) in [6.07, 6.45) is 0.417. The fraction of sp³-hybridized carbons (Fsp3) is 0.318. The lowest BCUT2D eigenvalue weighted by Gasteiger charge is -2.16. The Hall–Kier alpha value is -3.35. The van der Waals surface area contributed by atoms with Gasteiger partial charge in [-0.25, -0.2) is 0 Å². The zero-order valence-electron chi connectivity index (χ0n) is 17.2. The van der Waals surface area contributed by atoms with Gasteiger partial charge in [0.1, 0.15) is 5.75 Å². The summed E-state index contributed by atoms with van der Waals surface area (Å²) in [5, 5.41) is 5.73. The fourth-order valence-electron chi connectivity index (χ4n) is 2.47. The molecule has 0 aliphatic carbocycles. The van der Waals surface area contributed by atoms with Crippen LogP contribution in [0, 0.1) is 0 Å². The van der Waals surface area contributed by atoms with Gasteiger partial charge >= 0.3 is 0 Å². The van der Waals surface area contributed by atoms with Crippen LogP contribution in [0.1, 0.15) is 42.2 Å². The van der Waals surface area contributed by atoms with Crippen LogP contribution >= 0.6 is 0 Å². The van der Waals surface area contributed by atoms with Crippen molar-refractivity contribution in [1.82, 2.24) is 10.2 Å². The molecule has 0 aromatic heterocycles. The van der Waals surface area contributed by atoms with E-state index in [9.17, 15) is 14.4 Å². The molecular weight excluding hydrogens is 370 g/mol. The molecule has 2 aromatic rings. The fourth-order valence-corrected chi connectivity index (χ4v) is 2.47. The first kappa shape index (κ1) is 21.9. The molecule has 0 bridgehead atoms. The minimum atomic E-state index is -0.245. The molecule has 0 fully saturated rings. The third kappa shape index (κ3) is 6.64. The van der Waals surface area contributed by atoms with Gasteiger partial charge in [0.2, 0.25) is 5.91 Å². The summed E-state index contributed by atoms with van der Waals surface area (Å²) in [7, 11) is 3.31.